The van der Waals surface area contributed by atoms with E-state index >= 15 is 0 Å². The van der Waals surface area contributed by atoms with Crippen molar-refractivity contribution >= 4 is 23.5 Å². The van der Waals surface area contributed by atoms with Gasteiger partial charge in [-0.1, -0.05) is 41.4 Å². The SMILES string of the molecule is Cc1cccc(Cn2cnc(NC(=O)C(C)n3ncc(Cl)c3C)n2)c1. The van der Waals surface area contributed by atoms with Crippen molar-refractivity contribution < 1.29 is 4.79 Å². The Morgan fingerprint density at radius 2 is 2.16 bits per heavy atom. The van der Waals surface area contributed by atoms with Crippen LogP contribution in [-0.4, -0.2) is 30.5 Å². The number of carbonyl (C=O) groups is 1. The van der Waals surface area contributed by atoms with Crippen LogP contribution in [0.5, 0.6) is 0 Å². The maximum atomic E-state index is 12.4. The molecular weight excluding hydrogens is 340 g/mol. The minimum atomic E-state index is -0.517. The fourth-order valence-corrected chi connectivity index (χ4v) is 2.67. The number of hydrogen-bond acceptors (Lipinski definition) is 4. The van der Waals surface area contributed by atoms with Gasteiger partial charge in [-0.05, 0) is 26.3 Å². The summed E-state index contributed by atoms with van der Waals surface area (Å²) in [5.41, 5.74) is 3.05. The van der Waals surface area contributed by atoms with Gasteiger partial charge in [-0.2, -0.15) is 5.10 Å². The molecule has 0 saturated carbocycles. The number of aromatic nitrogens is 5. The summed E-state index contributed by atoms with van der Waals surface area (Å²) in [4.78, 5) is 16.5. The van der Waals surface area contributed by atoms with Crippen LogP contribution >= 0.6 is 11.6 Å². The Balaban J connectivity index is 1.66. The first-order valence-electron chi connectivity index (χ1n) is 7.89. The molecule has 0 aliphatic carbocycles. The molecule has 3 rings (SSSR count). The number of benzene rings is 1. The molecule has 3 aromatic rings. The van der Waals surface area contributed by atoms with E-state index in [1.165, 1.54) is 11.8 Å². The fourth-order valence-electron chi connectivity index (χ4n) is 2.54. The highest BCUT2D eigenvalue weighted by molar-refractivity contribution is 6.31. The number of halogens is 1. The lowest BCUT2D eigenvalue weighted by molar-refractivity contribution is -0.119. The lowest BCUT2D eigenvalue weighted by atomic mass is 10.1. The highest BCUT2D eigenvalue weighted by Crippen LogP contribution is 2.18. The highest BCUT2D eigenvalue weighted by atomic mass is 35.5. The summed E-state index contributed by atoms with van der Waals surface area (Å²) in [6.45, 7) is 6.19. The van der Waals surface area contributed by atoms with E-state index in [1.54, 1.807) is 22.6 Å². The number of nitrogens with zero attached hydrogens (tertiary/aromatic N) is 5. The van der Waals surface area contributed by atoms with Gasteiger partial charge in [0, 0.05) is 0 Å². The first-order valence-corrected chi connectivity index (χ1v) is 8.27. The molecule has 0 saturated heterocycles. The van der Waals surface area contributed by atoms with Crippen molar-refractivity contribution in [2.75, 3.05) is 5.32 Å². The van der Waals surface area contributed by atoms with Gasteiger partial charge in [0.1, 0.15) is 12.4 Å². The van der Waals surface area contributed by atoms with Crippen molar-refractivity contribution in [1.82, 2.24) is 24.5 Å². The Hall–Kier alpha value is -2.67. The molecule has 8 heteroatoms. The largest absolute Gasteiger partial charge is 0.291 e. The number of nitrogens with one attached hydrogen (secondary N) is 1. The van der Waals surface area contributed by atoms with Crippen LogP contribution in [0, 0.1) is 13.8 Å². The molecule has 1 aromatic carbocycles. The standard InChI is InChI=1S/C17H19ClN6O/c1-11-5-4-6-14(7-11)9-23-10-19-17(22-23)21-16(25)13(3)24-12(2)15(18)8-20-24/h4-8,10,13H,9H2,1-3H3,(H,21,22,25). The molecular formula is C17H19ClN6O. The summed E-state index contributed by atoms with van der Waals surface area (Å²) >= 11 is 5.99. The molecule has 2 heterocycles. The first-order chi connectivity index (χ1) is 11.9. The van der Waals surface area contributed by atoms with Gasteiger partial charge in [0.15, 0.2) is 0 Å². The van der Waals surface area contributed by atoms with E-state index in [0.717, 1.165) is 11.3 Å². The van der Waals surface area contributed by atoms with Gasteiger partial charge in [0.25, 0.3) is 5.91 Å². The number of carbonyl (C=O) groups excluding carboxylic acids is 1. The summed E-state index contributed by atoms with van der Waals surface area (Å²) < 4.78 is 3.26. The van der Waals surface area contributed by atoms with Crippen LogP contribution in [0.25, 0.3) is 0 Å². The number of amides is 1. The van der Waals surface area contributed by atoms with Crippen molar-refractivity contribution in [1.29, 1.82) is 0 Å². The Morgan fingerprint density at radius 3 is 2.84 bits per heavy atom. The maximum Gasteiger partial charge on any atom is 0.251 e. The minimum absolute atomic E-state index is 0.254. The van der Waals surface area contributed by atoms with Gasteiger partial charge < -0.3 is 0 Å². The summed E-state index contributed by atoms with van der Waals surface area (Å²) in [6.07, 6.45) is 3.12. The Labute approximate surface area is 150 Å². The fraction of sp³-hybridized carbons (Fsp3) is 0.294. The van der Waals surface area contributed by atoms with E-state index in [1.807, 2.05) is 32.0 Å². The van der Waals surface area contributed by atoms with Crippen LogP contribution in [0.2, 0.25) is 5.02 Å². The molecule has 1 atom stereocenters. The zero-order chi connectivity index (χ0) is 18.0. The van der Waals surface area contributed by atoms with E-state index in [0.29, 0.717) is 11.6 Å². The average molecular weight is 359 g/mol. The molecule has 0 bridgehead atoms. The number of hydrogen-bond donors (Lipinski definition) is 1. The molecule has 7 nitrogen and oxygen atoms in total. The maximum absolute atomic E-state index is 12.4. The molecule has 1 amide bonds. The normalized spacial score (nSPS) is 12.2. The van der Waals surface area contributed by atoms with Gasteiger partial charge in [-0.3, -0.25) is 14.8 Å². The zero-order valence-corrected chi connectivity index (χ0v) is 15.0. The van der Waals surface area contributed by atoms with Crippen LogP contribution in [-0.2, 0) is 11.3 Å². The van der Waals surface area contributed by atoms with E-state index < -0.39 is 6.04 Å². The van der Waals surface area contributed by atoms with Crippen molar-refractivity contribution in [3.05, 3.63) is 58.6 Å². The van der Waals surface area contributed by atoms with E-state index in [2.05, 4.69) is 26.6 Å². The Morgan fingerprint density at radius 1 is 1.36 bits per heavy atom. The monoisotopic (exact) mass is 358 g/mol. The molecule has 25 heavy (non-hydrogen) atoms. The quantitative estimate of drug-likeness (QED) is 0.760. The Kier molecular flexibility index (Phi) is 4.85. The molecule has 2 aromatic heterocycles. The third-order valence-electron chi connectivity index (χ3n) is 3.93. The second kappa shape index (κ2) is 7.06. The third kappa shape index (κ3) is 3.88. The molecule has 0 aliphatic rings. The first kappa shape index (κ1) is 17.2. The van der Waals surface area contributed by atoms with Crippen LogP contribution in [0.15, 0.2) is 36.8 Å². The topological polar surface area (TPSA) is 77.6 Å². The second-order valence-corrected chi connectivity index (χ2v) is 6.35. The van der Waals surface area contributed by atoms with Gasteiger partial charge in [0.05, 0.1) is 23.5 Å². The molecule has 1 unspecified atom stereocenters. The van der Waals surface area contributed by atoms with Crippen molar-refractivity contribution in [3.63, 3.8) is 0 Å². The lowest BCUT2D eigenvalue weighted by Gasteiger charge is -2.12. The number of aryl methyl sites for hydroxylation is 1. The summed E-state index contributed by atoms with van der Waals surface area (Å²) in [5, 5.41) is 11.7. The van der Waals surface area contributed by atoms with E-state index in [9.17, 15) is 4.79 Å². The summed E-state index contributed by atoms with van der Waals surface area (Å²) in [5.74, 6) is 0.0107. The predicted octanol–water partition coefficient (Wildman–Crippen LogP) is 2.99. The molecule has 0 aliphatic heterocycles. The van der Waals surface area contributed by atoms with Crippen LogP contribution in [0.4, 0.5) is 5.95 Å². The smallest absolute Gasteiger partial charge is 0.251 e. The number of anilines is 1. The van der Waals surface area contributed by atoms with Crippen LogP contribution < -0.4 is 5.32 Å². The lowest BCUT2D eigenvalue weighted by Crippen LogP contribution is -2.25. The van der Waals surface area contributed by atoms with Crippen LogP contribution in [0.3, 0.4) is 0 Å². The predicted molar refractivity (Wildman–Crippen MR) is 95.6 cm³/mol. The van der Waals surface area contributed by atoms with E-state index in [4.69, 9.17) is 11.6 Å². The molecule has 1 N–H and O–H groups in total. The highest BCUT2D eigenvalue weighted by Gasteiger charge is 2.20. The van der Waals surface area contributed by atoms with Crippen molar-refractivity contribution in [3.8, 4) is 0 Å². The summed E-state index contributed by atoms with van der Waals surface area (Å²) in [7, 11) is 0. The van der Waals surface area contributed by atoms with Crippen molar-refractivity contribution in [2.45, 2.75) is 33.4 Å². The molecule has 0 radical (unpaired) electrons. The van der Waals surface area contributed by atoms with Gasteiger partial charge in [-0.25, -0.2) is 9.67 Å². The van der Waals surface area contributed by atoms with Crippen LogP contribution in [0.1, 0.15) is 29.8 Å². The summed E-state index contributed by atoms with van der Waals surface area (Å²) in [6, 6.07) is 7.65. The average Bonchev–Trinajstić information content (AvgIpc) is 3.14. The zero-order valence-electron chi connectivity index (χ0n) is 14.3. The second-order valence-electron chi connectivity index (χ2n) is 5.94. The van der Waals surface area contributed by atoms with E-state index in [-0.39, 0.29) is 11.9 Å². The minimum Gasteiger partial charge on any atom is -0.291 e. The third-order valence-corrected chi connectivity index (χ3v) is 4.30. The van der Waals surface area contributed by atoms with Gasteiger partial charge in [0.2, 0.25) is 5.95 Å². The molecule has 0 spiro atoms. The van der Waals surface area contributed by atoms with Gasteiger partial charge in [-0.15, -0.1) is 5.10 Å². The van der Waals surface area contributed by atoms with Gasteiger partial charge >= 0.3 is 0 Å². The Bertz CT molecular complexity index is 900. The van der Waals surface area contributed by atoms with Crippen molar-refractivity contribution in [2.24, 2.45) is 0 Å². The molecule has 130 valence electrons. The molecule has 0 fully saturated rings. The number of rotatable bonds is 5.